The van der Waals surface area contributed by atoms with E-state index in [1.54, 1.807) is 30.3 Å². The van der Waals surface area contributed by atoms with Gasteiger partial charge in [0.05, 0.1) is 24.5 Å². The molecule has 2 unspecified atom stereocenters. The first-order valence-corrected chi connectivity index (χ1v) is 14.7. The molecule has 0 saturated carbocycles. The van der Waals surface area contributed by atoms with Crippen molar-refractivity contribution in [1.29, 1.82) is 0 Å². The van der Waals surface area contributed by atoms with E-state index in [9.17, 15) is 22.8 Å². The van der Waals surface area contributed by atoms with E-state index < -0.39 is 89.2 Å². The van der Waals surface area contributed by atoms with Crippen molar-refractivity contribution in [2.45, 2.75) is 83.2 Å². The summed E-state index contributed by atoms with van der Waals surface area (Å²) in [6.07, 6.45) is -10.1. The molecule has 11 nitrogen and oxygen atoms in total. The molecule has 3 aromatic rings. The Kier molecular flexibility index (Phi) is 10.7. The molecule has 0 fully saturated rings. The lowest BCUT2D eigenvalue weighted by molar-refractivity contribution is -0.299. The smallest absolute Gasteiger partial charge is 0.426 e. The third-order valence-corrected chi connectivity index (χ3v) is 6.81. The van der Waals surface area contributed by atoms with E-state index in [2.05, 4.69) is 25.8 Å². The fourth-order valence-corrected chi connectivity index (χ4v) is 4.62. The minimum absolute atomic E-state index is 0.109. The van der Waals surface area contributed by atoms with Crippen LogP contribution < -0.4 is 10.6 Å². The predicted molar refractivity (Wildman–Crippen MR) is 158 cm³/mol. The molecular weight excluding hydrogens is 652 g/mol. The SMILES string of the molecule is CCOC(=O)C1CC=CCCC(OCc2ccccc2)(C(F)(F)F)c2nnc(o2)-c2nc(c(C(F)(F)F)cc2NC(=O)OC(C)(C)C)N1. The Morgan fingerprint density at radius 1 is 1.06 bits per heavy atom. The van der Waals surface area contributed by atoms with Crippen LogP contribution in [0.25, 0.3) is 11.6 Å². The molecule has 4 bridgehead atoms. The van der Waals surface area contributed by atoms with Gasteiger partial charge in [0.25, 0.3) is 11.8 Å². The molecule has 1 aromatic carbocycles. The van der Waals surface area contributed by atoms with Crippen LogP contribution in [0.5, 0.6) is 0 Å². The Balaban J connectivity index is 1.95. The van der Waals surface area contributed by atoms with E-state index in [-0.39, 0.29) is 19.4 Å². The van der Waals surface area contributed by atoms with Gasteiger partial charge in [-0.15, -0.1) is 10.2 Å². The summed E-state index contributed by atoms with van der Waals surface area (Å²) in [7, 11) is 0. The molecule has 2 N–H and O–H groups in total. The van der Waals surface area contributed by atoms with Crippen LogP contribution in [0.15, 0.2) is 53.0 Å². The Morgan fingerprint density at radius 2 is 1.77 bits per heavy atom. The van der Waals surface area contributed by atoms with Crippen LogP contribution in [0, 0.1) is 0 Å². The topological polar surface area (TPSA) is 138 Å². The summed E-state index contributed by atoms with van der Waals surface area (Å²) < 4.78 is 110. The molecule has 0 aliphatic carbocycles. The average molecular weight is 686 g/mol. The summed E-state index contributed by atoms with van der Waals surface area (Å²) in [5, 5.41) is 11.9. The zero-order valence-electron chi connectivity index (χ0n) is 26.3. The van der Waals surface area contributed by atoms with Crippen molar-refractivity contribution in [2.24, 2.45) is 0 Å². The maximum Gasteiger partial charge on any atom is 0.426 e. The summed E-state index contributed by atoms with van der Waals surface area (Å²) in [6, 6.07) is 7.02. The van der Waals surface area contributed by atoms with Crippen LogP contribution in [-0.2, 0) is 37.4 Å². The van der Waals surface area contributed by atoms with Gasteiger partial charge in [-0.05, 0) is 58.6 Å². The summed E-state index contributed by atoms with van der Waals surface area (Å²) >= 11 is 0. The maximum absolute atomic E-state index is 15.0. The number of hydrogen-bond donors (Lipinski definition) is 2. The lowest BCUT2D eigenvalue weighted by Crippen LogP contribution is -2.45. The Labute approximate surface area is 271 Å². The number of rotatable bonds is 6. The van der Waals surface area contributed by atoms with Crippen molar-refractivity contribution in [3.8, 4) is 11.6 Å². The molecule has 2 atom stereocenters. The van der Waals surface area contributed by atoms with Crippen LogP contribution in [-0.4, -0.2) is 51.7 Å². The number of hydrogen-bond acceptors (Lipinski definition) is 10. The Morgan fingerprint density at radius 3 is 2.40 bits per heavy atom. The molecule has 1 amide bonds. The monoisotopic (exact) mass is 685 g/mol. The highest BCUT2D eigenvalue weighted by atomic mass is 19.4. The number of fused-ring (bicyclic) bond motifs is 5. The van der Waals surface area contributed by atoms with Crippen LogP contribution in [0.3, 0.4) is 0 Å². The summed E-state index contributed by atoms with van der Waals surface area (Å²) in [5.74, 6) is -3.70. The number of benzene rings is 1. The van der Waals surface area contributed by atoms with Crippen LogP contribution in [0.4, 0.5) is 42.6 Å². The maximum atomic E-state index is 15.0. The molecule has 3 heterocycles. The molecule has 0 saturated heterocycles. The van der Waals surface area contributed by atoms with E-state index in [4.69, 9.17) is 18.6 Å². The Hall–Kier alpha value is -4.67. The zero-order valence-corrected chi connectivity index (χ0v) is 26.3. The van der Waals surface area contributed by atoms with Crippen LogP contribution in [0.2, 0.25) is 0 Å². The number of aromatic nitrogens is 3. The summed E-state index contributed by atoms with van der Waals surface area (Å²) in [5.41, 5.74) is -6.63. The van der Waals surface area contributed by atoms with Gasteiger partial charge in [0.1, 0.15) is 17.5 Å². The van der Waals surface area contributed by atoms with Gasteiger partial charge in [-0.25, -0.2) is 14.6 Å². The predicted octanol–water partition coefficient (Wildman–Crippen LogP) is 7.56. The van der Waals surface area contributed by atoms with Gasteiger partial charge >= 0.3 is 24.4 Å². The van der Waals surface area contributed by atoms with Gasteiger partial charge in [0.2, 0.25) is 5.60 Å². The van der Waals surface area contributed by atoms with Gasteiger partial charge in [0.15, 0.2) is 5.69 Å². The zero-order chi connectivity index (χ0) is 35.3. The van der Waals surface area contributed by atoms with Crippen LogP contribution >= 0.6 is 0 Å². The number of halogens is 6. The number of carbonyl (C=O) groups excluding carboxylic acids is 2. The Bertz CT molecular complexity index is 1620. The van der Waals surface area contributed by atoms with E-state index in [1.807, 2.05) is 0 Å². The number of pyridine rings is 1. The molecule has 4 rings (SSSR count). The van der Waals surface area contributed by atoms with Gasteiger partial charge < -0.3 is 23.9 Å². The summed E-state index contributed by atoms with van der Waals surface area (Å²) in [4.78, 5) is 29.4. The third kappa shape index (κ3) is 8.62. The second-order valence-corrected chi connectivity index (χ2v) is 11.6. The molecule has 1 aliphatic rings. The van der Waals surface area contributed by atoms with Crippen molar-refractivity contribution < 1.29 is 54.6 Å². The lowest BCUT2D eigenvalue weighted by Gasteiger charge is -2.32. The molecule has 2 aromatic heterocycles. The quantitative estimate of drug-likeness (QED) is 0.152. The van der Waals surface area contributed by atoms with Gasteiger partial charge in [-0.3, -0.25) is 5.32 Å². The highest BCUT2D eigenvalue weighted by molar-refractivity contribution is 5.90. The number of carbonyl (C=O) groups is 2. The highest BCUT2D eigenvalue weighted by Gasteiger charge is 2.61. The second kappa shape index (κ2) is 14.2. The molecule has 48 heavy (non-hydrogen) atoms. The normalized spacial score (nSPS) is 18.8. The van der Waals surface area contributed by atoms with Gasteiger partial charge in [0, 0.05) is 0 Å². The van der Waals surface area contributed by atoms with Gasteiger partial charge in [-0.2, -0.15) is 26.3 Å². The lowest BCUT2D eigenvalue weighted by atomic mass is 9.95. The number of esters is 1. The fourth-order valence-electron chi connectivity index (χ4n) is 4.62. The number of ether oxygens (including phenoxy) is 3. The number of amides is 1. The number of nitrogens with zero attached hydrogens (tertiary/aromatic N) is 3. The minimum atomic E-state index is -5.14. The third-order valence-electron chi connectivity index (χ3n) is 6.81. The average Bonchev–Trinajstić information content (AvgIpc) is 3.47. The van der Waals surface area contributed by atoms with Crippen molar-refractivity contribution >= 4 is 23.6 Å². The highest BCUT2D eigenvalue weighted by Crippen LogP contribution is 2.47. The number of nitrogens with one attached hydrogen (secondary N) is 2. The molecule has 0 radical (unpaired) electrons. The number of anilines is 2. The van der Waals surface area contributed by atoms with Gasteiger partial charge in [-0.1, -0.05) is 42.5 Å². The minimum Gasteiger partial charge on any atom is -0.464 e. The number of alkyl halides is 6. The van der Waals surface area contributed by atoms with Crippen molar-refractivity contribution in [1.82, 2.24) is 15.2 Å². The second-order valence-electron chi connectivity index (χ2n) is 11.6. The number of allylic oxidation sites excluding steroid dienone is 1. The first kappa shape index (κ1) is 36.2. The molecule has 1 aliphatic heterocycles. The standard InChI is InChI=1S/C31H33F6N5O6/c1-5-45-25(43)20-14-10-7-11-15-29(31(35,36)37,46-17-18-12-8-6-9-13-18)26-42-41-24(47-26)22-21(39-27(44)48-28(2,3)4)16-19(30(32,33)34)23(38-20)40-22/h6-10,12-13,16,20H,5,11,14-15,17H2,1-4H3,(H,38,40)(H,39,44). The molecule has 17 heteroatoms. The van der Waals surface area contributed by atoms with Crippen molar-refractivity contribution in [2.75, 3.05) is 17.2 Å². The first-order chi connectivity index (χ1) is 22.4. The first-order valence-electron chi connectivity index (χ1n) is 14.7. The van der Waals surface area contributed by atoms with E-state index in [1.165, 1.54) is 39.8 Å². The summed E-state index contributed by atoms with van der Waals surface area (Å²) in [6.45, 7) is 5.37. The van der Waals surface area contributed by atoms with E-state index >= 15 is 13.2 Å². The van der Waals surface area contributed by atoms with Crippen molar-refractivity contribution in [3.63, 3.8) is 0 Å². The van der Waals surface area contributed by atoms with E-state index in [0.29, 0.717) is 11.6 Å². The molecule has 0 spiro atoms. The molecular formula is C31H33F6N5O6. The van der Waals surface area contributed by atoms with E-state index in [0.717, 1.165) is 0 Å². The molecule has 260 valence electrons. The fraction of sp³-hybridized carbons (Fsp3) is 0.452. The largest absolute Gasteiger partial charge is 0.464 e. The van der Waals surface area contributed by atoms with Crippen LogP contribution in [0.1, 0.15) is 64.0 Å². The van der Waals surface area contributed by atoms with Crippen molar-refractivity contribution in [3.05, 3.63) is 65.6 Å².